The van der Waals surface area contributed by atoms with Crippen molar-refractivity contribution in [3.8, 4) is 0 Å². The molecular weight excluding hydrogens is 288 g/mol. The second-order valence-electron chi connectivity index (χ2n) is 8.34. The molecule has 2 saturated carbocycles. The van der Waals surface area contributed by atoms with Gasteiger partial charge in [-0.25, -0.2) is 0 Å². The molecule has 0 aromatic heterocycles. The Morgan fingerprint density at radius 2 is 1.33 bits per heavy atom. The fraction of sp³-hybridized carbons (Fsp3) is 0.750. The average Bonchev–Trinajstić information content (AvgIpc) is 2.64. The molecule has 0 nitrogen and oxygen atoms in total. The van der Waals surface area contributed by atoms with Crippen LogP contribution in [0.3, 0.4) is 0 Å². The van der Waals surface area contributed by atoms with Crippen molar-refractivity contribution in [3.63, 3.8) is 0 Å². The van der Waals surface area contributed by atoms with Crippen molar-refractivity contribution in [2.75, 3.05) is 0 Å². The van der Waals surface area contributed by atoms with Crippen molar-refractivity contribution in [1.29, 1.82) is 0 Å². The molecule has 24 heavy (non-hydrogen) atoms. The van der Waals surface area contributed by atoms with E-state index in [0.29, 0.717) is 0 Å². The number of allylic oxidation sites excluding steroid dienone is 5. The van der Waals surface area contributed by atoms with E-state index in [9.17, 15) is 0 Å². The summed E-state index contributed by atoms with van der Waals surface area (Å²) < 4.78 is 0. The second kappa shape index (κ2) is 11.7. The third-order valence-electron chi connectivity index (χ3n) is 6.49. The topological polar surface area (TPSA) is 0 Å². The maximum atomic E-state index is 3.85. The summed E-state index contributed by atoms with van der Waals surface area (Å²) in [5.74, 6) is 3.84. The van der Waals surface area contributed by atoms with E-state index in [1.165, 1.54) is 83.5 Å². The van der Waals surface area contributed by atoms with Gasteiger partial charge in [0.15, 0.2) is 0 Å². The Labute approximate surface area is 151 Å². The van der Waals surface area contributed by atoms with Gasteiger partial charge in [0.1, 0.15) is 0 Å². The summed E-state index contributed by atoms with van der Waals surface area (Å²) in [6.07, 6.45) is 30.0. The van der Waals surface area contributed by atoms with Crippen LogP contribution in [0.1, 0.15) is 90.4 Å². The lowest BCUT2D eigenvalue weighted by Crippen LogP contribution is -2.14. The number of hydrogen-bond donors (Lipinski definition) is 0. The molecule has 0 N–H and O–H groups in total. The SMILES string of the molecule is C=CCCC1CCC(C=CCCC2CCC(CC=CC)CC2)CC1. The Hall–Kier alpha value is -0.780. The van der Waals surface area contributed by atoms with Crippen LogP contribution in [0, 0.1) is 23.7 Å². The van der Waals surface area contributed by atoms with Gasteiger partial charge in [0, 0.05) is 0 Å². The van der Waals surface area contributed by atoms with Crippen molar-refractivity contribution in [1.82, 2.24) is 0 Å². The van der Waals surface area contributed by atoms with Crippen LogP contribution < -0.4 is 0 Å². The van der Waals surface area contributed by atoms with Gasteiger partial charge < -0.3 is 0 Å². The summed E-state index contributed by atoms with van der Waals surface area (Å²) in [5, 5.41) is 0. The third kappa shape index (κ3) is 7.41. The van der Waals surface area contributed by atoms with E-state index >= 15 is 0 Å². The van der Waals surface area contributed by atoms with Gasteiger partial charge in [-0.05, 0) is 101 Å². The van der Waals surface area contributed by atoms with Crippen LogP contribution >= 0.6 is 0 Å². The van der Waals surface area contributed by atoms with Gasteiger partial charge in [0.2, 0.25) is 0 Å². The molecule has 0 heterocycles. The third-order valence-corrected chi connectivity index (χ3v) is 6.49. The number of rotatable bonds is 9. The van der Waals surface area contributed by atoms with Gasteiger partial charge in [-0.1, -0.05) is 43.2 Å². The van der Waals surface area contributed by atoms with Crippen molar-refractivity contribution in [2.24, 2.45) is 23.7 Å². The quantitative estimate of drug-likeness (QED) is 0.378. The first-order valence-electron chi connectivity index (χ1n) is 10.7. The summed E-state index contributed by atoms with van der Waals surface area (Å²) in [6.45, 7) is 6.00. The Morgan fingerprint density at radius 3 is 1.96 bits per heavy atom. The minimum absolute atomic E-state index is 0.876. The molecule has 2 fully saturated rings. The van der Waals surface area contributed by atoms with E-state index in [1.54, 1.807) is 0 Å². The Morgan fingerprint density at radius 1 is 0.750 bits per heavy atom. The zero-order valence-corrected chi connectivity index (χ0v) is 16.1. The Bertz CT molecular complexity index is 373. The van der Waals surface area contributed by atoms with E-state index in [-0.39, 0.29) is 0 Å². The summed E-state index contributed by atoms with van der Waals surface area (Å²) in [6, 6.07) is 0. The first-order valence-corrected chi connectivity index (χ1v) is 10.7. The highest BCUT2D eigenvalue weighted by Gasteiger charge is 2.20. The molecule has 0 amide bonds. The summed E-state index contributed by atoms with van der Waals surface area (Å²) >= 11 is 0. The van der Waals surface area contributed by atoms with E-state index in [1.807, 2.05) is 0 Å². The molecule has 0 bridgehead atoms. The lowest BCUT2D eigenvalue weighted by atomic mass is 9.78. The second-order valence-corrected chi connectivity index (χ2v) is 8.34. The lowest BCUT2D eigenvalue weighted by molar-refractivity contribution is 0.265. The van der Waals surface area contributed by atoms with E-state index in [4.69, 9.17) is 0 Å². The molecule has 0 saturated heterocycles. The van der Waals surface area contributed by atoms with Crippen LogP contribution in [0.4, 0.5) is 0 Å². The summed E-state index contributed by atoms with van der Waals surface area (Å²) in [5.41, 5.74) is 0. The van der Waals surface area contributed by atoms with Crippen molar-refractivity contribution in [3.05, 3.63) is 37.0 Å². The van der Waals surface area contributed by atoms with Crippen molar-refractivity contribution in [2.45, 2.75) is 90.4 Å². The molecule has 0 unspecified atom stereocenters. The molecule has 2 aliphatic rings. The lowest BCUT2D eigenvalue weighted by Gasteiger charge is -2.28. The minimum Gasteiger partial charge on any atom is -0.103 e. The molecule has 0 aromatic rings. The molecule has 136 valence electrons. The van der Waals surface area contributed by atoms with Crippen LogP contribution in [0.25, 0.3) is 0 Å². The maximum absolute atomic E-state index is 3.85. The van der Waals surface area contributed by atoms with Crippen LogP contribution in [-0.2, 0) is 0 Å². The van der Waals surface area contributed by atoms with Crippen LogP contribution in [-0.4, -0.2) is 0 Å². The van der Waals surface area contributed by atoms with E-state index in [2.05, 4.69) is 43.9 Å². The Balaban J connectivity index is 1.53. The first kappa shape index (κ1) is 19.5. The fourth-order valence-electron chi connectivity index (χ4n) is 4.73. The van der Waals surface area contributed by atoms with Gasteiger partial charge in [-0.2, -0.15) is 0 Å². The van der Waals surface area contributed by atoms with E-state index < -0.39 is 0 Å². The molecule has 2 aliphatic carbocycles. The minimum atomic E-state index is 0.876. The van der Waals surface area contributed by atoms with Gasteiger partial charge in [0.25, 0.3) is 0 Å². The van der Waals surface area contributed by atoms with Gasteiger partial charge >= 0.3 is 0 Å². The normalized spacial score (nSPS) is 31.7. The number of hydrogen-bond acceptors (Lipinski definition) is 0. The Kier molecular flexibility index (Phi) is 9.54. The predicted molar refractivity (Wildman–Crippen MR) is 108 cm³/mol. The van der Waals surface area contributed by atoms with Crippen LogP contribution in [0.15, 0.2) is 37.0 Å². The highest BCUT2D eigenvalue weighted by Crippen LogP contribution is 2.34. The molecule has 0 aliphatic heterocycles. The molecule has 2 rings (SSSR count). The standard InChI is InChI=1S/C24H40/c1-3-5-9-21-13-17-23(18-14-21)11-7-8-12-24-19-15-22(16-20-24)10-6-4-2/h3-4,6-7,11,21-24H,1,5,8-10,12-20H2,2H3. The van der Waals surface area contributed by atoms with Crippen molar-refractivity contribution >= 4 is 0 Å². The van der Waals surface area contributed by atoms with Gasteiger partial charge in [-0.3, -0.25) is 0 Å². The zero-order chi connectivity index (χ0) is 17.0. The summed E-state index contributed by atoms with van der Waals surface area (Å²) in [4.78, 5) is 0. The maximum Gasteiger partial charge on any atom is -0.0233 e. The smallest absolute Gasteiger partial charge is 0.0233 e. The van der Waals surface area contributed by atoms with Crippen molar-refractivity contribution < 1.29 is 0 Å². The monoisotopic (exact) mass is 328 g/mol. The van der Waals surface area contributed by atoms with Gasteiger partial charge in [0.05, 0.1) is 0 Å². The molecule has 0 radical (unpaired) electrons. The largest absolute Gasteiger partial charge is 0.103 e. The highest BCUT2D eigenvalue weighted by molar-refractivity contribution is 4.92. The first-order chi connectivity index (χ1) is 11.8. The van der Waals surface area contributed by atoms with E-state index in [0.717, 1.165) is 23.7 Å². The average molecular weight is 329 g/mol. The van der Waals surface area contributed by atoms with Crippen LogP contribution in [0.5, 0.6) is 0 Å². The predicted octanol–water partition coefficient (Wildman–Crippen LogP) is 7.87. The molecule has 0 spiro atoms. The fourth-order valence-corrected chi connectivity index (χ4v) is 4.73. The highest BCUT2D eigenvalue weighted by atomic mass is 14.3. The molecular formula is C24H40. The zero-order valence-electron chi connectivity index (χ0n) is 16.1. The molecule has 0 atom stereocenters. The molecule has 0 aromatic carbocycles. The van der Waals surface area contributed by atoms with Gasteiger partial charge in [-0.15, -0.1) is 6.58 Å². The van der Waals surface area contributed by atoms with Crippen LogP contribution in [0.2, 0.25) is 0 Å². The summed E-state index contributed by atoms with van der Waals surface area (Å²) in [7, 11) is 0. The molecule has 0 heteroatoms.